The fourth-order valence-electron chi connectivity index (χ4n) is 3.92. The fraction of sp³-hybridized carbons (Fsp3) is 0.500. The highest BCUT2D eigenvalue weighted by Crippen LogP contribution is 2.53. The summed E-state index contributed by atoms with van der Waals surface area (Å²) in [7, 11) is 0. The van der Waals surface area contributed by atoms with Crippen LogP contribution in [-0.2, 0) is 11.0 Å². The van der Waals surface area contributed by atoms with E-state index in [9.17, 15) is 22.8 Å². The number of hydrogen-bond donors (Lipinski definition) is 2. The number of nitrogens with one attached hydrogen (secondary N) is 2. The Balaban J connectivity index is 1.41. The number of rotatable bonds is 3. The van der Waals surface area contributed by atoms with Gasteiger partial charge in [-0.2, -0.15) is 13.2 Å². The Morgan fingerprint density at radius 3 is 2.43 bits per heavy atom. The number of hydrogen-bond acceptors (Lipinski definition) is 2. The number of carbonyl (C=O) groups excluding carboxylic acids is 2. The van der Waals surface area contributed by atoms with Crippen LogP contribution in [0.25, 0.3) is 10.9 Å². The van der Waals surface area contributed by atoms with Gasteiger partial charge < -0.3 is 15.2 Å². The molecule has 1 aliphatic heterocycles. The predicted molar refractivity (Wildman–Crippen MR) is 97.7 cm³/mol. The van der Waals surface area contributed by atoms with Gasteiger partial charge in [-0.25, -0.2) is 0 Å². The summed E-state index contributed by atoms with van der Waals surface area (Å²) in [5, 5.41) is 2.95. The zero-order valence-electron chi connectivity index (χ0n) is 15.5. The lowest BCUT2D eigenvalue weighted by Crippen LogP contribution is -2.49. The highest BCUT2D eigenvalue weighted by molar-refractivity contribution is 6.00. The Morgan fingerprint density at radius 1 is 1.14 bits per heavy atom. The molecule has 2 aliphatic rings. The molecule has 0 radical (unpaired) electrons. The summed E-state index contributed by atoms with van der Waals surface area (Å²) in [5.74, 6) is -0.638. The highest BCUT2D eigenvalue weighted by Gasteiger charge is 2.45. The number of aromatic nitrogens is 1. The van der Waals surface area contributed by atoms with E-state index in [0.29, 0.717) is 29.4 Å². The first-order valence-corrected chi connectivity index (χ1v) is 9.47. The summed E-state index contributed by atoms with van der Waals surface area (Å²) >= 11 is 0. The van der Waals surface area contributed by atoms with Crippen LogP contribution >= 0.6 is 0 Å². The number of aromatic amines is 1. The molecule has 2 heterocycles. The molecule has 2 amide bonds. The van der Waals surface area contributed by atoms with Crippen molar-refractivity contribution in [3.63, 3.8) is 0 Å². The van der Waals surface area contributed by atoms with Crippen LogP contribution in [-0.4, -0.2) is 40.8 Å². The smallest absolute Gasteiger partial charge is 0.351 e. The third kappa shape index (κ3) is 3.59. The first-order chi connectivity index (χ1) is 13.2. The molecule has 1 saturated heterocycles. The topological polar surface area (TPSA) is 65.2 Å². The van der Waals surface area contributed by atoms with E-state index in [-0.39, 0.29) is 11.6 Å². The maximum Gasteiger partial charge on any atom is 0.416 e. The molecule has 5 nitrogen and oxygen atoms in total. The van der Waals surface area contributed by atoms with Crippen LogP contribution in [0.1, 0.15) is 48.7 Å². The summed E-state index contributed by atoms with van der Waals surface area (Å²) in [6.45, 7) is 3.06. The first kappa shape index (κ1) is 18.8. The molecule has 150 valence electrons. The molecule has 1 aliphatic carbocycles. The number of alkyl halides is 3. The van der Waals surface area contributed by atoms with Gasteiger partial charge in [-0.05, 0) is 62.3 Å². The van der Waals surface area contributed by atoms with Crippen LogP contribution < -0.4 is 5.32 Å². The molecule has 4 rings (SSSR count). The third-order valence-electron chi connectivity index (χ3n) is 6.00. The van der Waals surface area contributed by atoms with Crippen molar-refractivity contribution in [2.24, 2.45) is 5.41 Å². The molecule has 0 unspecified atom stereocenters. The SMILES string of the molecule is C[C@@H](NC(=O)c1cc2cc(C(F)(F)F)ccc2[nH]1)C(=O)N1CCC2(CC1)CC2. The average molecular weight is 393 g/mol. The maximum absolute atomic E-state index is 12.8. The lowest BCUT2D eigenvalue weighted by Gasteiger charge is -2.33. The van der Waals surface area contributed by atoms with E-state index in [4.69, 9.17) is 0 Å². The second-order valence-electron chi connectivity index (χ2n) is 8.00. The van der Waals surface area contributed by atoms with Crippen LogP contribution in [0, 0.1) is 5.41 Å². The third-order valence-corrected chi connectivity index (χ3v) is 6.00. The van der Waals surface area contributed by atoms with Crippen molar-refractivity contribution in [2.75, 3.05) is 13.1 Å². The molecular weight excluding hydrogens is 371 g/mol. The van der Waals surface area contributed by atoms with Crippen LogP contribution in [0.15, 0.2) is 24.3 Å². The van der Waals surface area contributed by atoms with Gasteiger partial charge in [0, 0.05) is 24.0 Å². The van der Waals surface area contributed by atoms with Crippen molar-refractivity contribution in [3.8, 4) is 0 Å². The van der Waals surface area contributed by atoms with Gasteiger partial charge in [0.2, 0.25) is 5.91 Å². The van der Waals surface area contributed by atoms with E-state index in [2.05, 4.69) is 10.3 Å². The summed E-state index contributed by atoms with van der Waals surface area (Å²) in [5.41, 5.74) is 0.253. The number of H-pyrrole nitrogens is 1. The number of carbonyl (C=O) groups is 2. The largest absolute Gasteiger partial charge is 0.416 e. The normalized spacial score (nSPS) is 19.6. The summed E-state index contributed by atoms with van der Waals surface area (Å²) < 4.78 is 38.5. The second kappa shape index (κ2) is 6.53. The zero-order chi connectivity index (χ0) is 20.1. The molecule has 1 atom stereocenters. The number of nitrogens with zero attached hydrogens (tertiary/aromatic N) is 1. The van der Waals surface area contributed by atoms with Crippen molar-refractivity contribution >= 4 is 22.7 Å². The van der Waals surface area contributed by atoms with Crippen LogP contribution in [0.3, 0.4) is 0 Å². The molecule has 1 aromatic carbocycles. The van der Waals surface area contributed by atoms with Gasteiger partial charge in [0.05, 0.1) is 5.56 Å². The van der Waals surface area contributed by atoms with Crippen LogP contribution in [0.4, 0.5) is 13.2 Å². The minimum Gasteiger partial charge on any atom is -0.351 e. The van der Waals surface area contributed by atoms with E-state index in [0.717, 1.165) is 25.0 Å². The molecule has 1 aromatic heterocycles. The van der Waals surface area contributed by atoms with Gasteiger partial charge in [-0.3, -0.25) is 9.59 Å². The molecule has 1 spiro atoms. The van der Waals surface area contributed by atoms with Crippen molar-refractivity contribution in [1.29, 1.82) is 0 Å². The fourth-order valence-corrected chi connectivity index (χ4v) is 3.92. The van der Waals surface area contributed by atoms with Crippen molar-refractivity contribution < 1.29 is 22.8 Å². The summed E-state index contributed by atoms with van der Waals surface area (Å²) in [6.07, 6.45) is 0.0870. The molecule has 2 fully saturated rings. The van der Waals surface area contributed by atoms with Gasteiger partial charge in [0.25, 0.3) is 5.91 Å². The quantitative estimate of drug-likeness (QED) is 0.835. The number of benzene rings is 1. The second-order valence-corrected chi connectivity index (χ2v) is 8.00. The molecule has 2 N–H and O–H groups in total. The standard InChI is InChI=1S/C20H22F3N3O2/c1-12(18(28)26-8-6-19(4-5-19)7-9-26)24-17(27)16-11-13-10-14(20(21,22)23)2-3-15(13)25-16/h2-3,10-12,25H,4-9H2,1H3,(H,24,27)/t12-/m1/s1. The van der Waals surface area contributed by atoms with Gasteiger partial charge in [-0.15, -0.1) is 0 Å². The van der Waals surface area contributed by atoms with Crippen molar-refractivity contribution in [3.05, 3.63) is 35.5 Å². The van der Waals surface area contributed by atoms with E-state index in [1.54, 1.807) is 11.8 Å². The van der Waals surface area contributed by atoms with Gasteiger partial charge in [0.15, 0.2) is 0 Å². The molecule has 2 aromatic rings. The van der Waals surface area contributed by atoms with E-state index < -0.39 is 23.7 Å². The zero-order valence-corrected chi connectivity index (χ0v) is 15.5. The Morgan fingerprint density at radius 2 is 1.82 bits per heavy atom. The first-order valence-electron chi connectivity index (χ1n) is 9.47. The van der Waals surface area contributed by atoms with Crippen molar-refractivity contribution in [1.82, 2.24) is 15.2 Å². The highest BCUT2D eigenvalue weighted by atomic mass is 19.4. The monoisotopic (exact) mass is 393 g/mol. The van der Waals surface area contributed by atoms with Crippen molar-refractivity contribution in [2.45, 2.75) is 44.8 Å². The van der Waals surface area contributed by atoms with E-state index in [1.807, 2.05) is 0 Å². The number of amides is 2. The molecule has 1 saturated carbocycles. The Labute approximate surface area is 160 Å². The molecule has 0 bridgehead atoms. The van der Waals surface area contributed by atoms with Crippen LogP contribution in [0.5, 0.6) is 0 Å². The summed E-state index contributed by atoms with van der Waals surface area (Å²) in [4.78, 5) is 29.7. The van der Waals surface area contributed by atoms with Gasteiger partial charge >= 0.3 is 6.18 Å². The number of piperidine rings is 1. The van der Waals surface area contributed by atoms with Gasteiger partial charge in [0.1, 0.15) is 11.7 Å². The lowest BCUT2D eigenvalue weighted by molar-refractivity contribution is -0.137. The Kier molecular flexibility index (Phi) is 4.39. The Hall–Kier alpha value is -2.51. The van der Waals surface area contributed by atoms with E-state index >= 15 is 0 Å². The predicted octanol–water partition coefficient (Wildman–Crippen LogP) is 3.71. The molecular formula is C20H22F3N3O2. The van der Waals surface area contributed by atoms with Crippen LogP contribution in [0.2, 0.25) is 0 Å². The minimum absolute atomic E-state index is 0.126. The maximum atomic E-state index is 12.8. The van der Waals surface area contributed by atoms with E-state index in [1.165, 1.54) is 25.0 Å². The summed E-state index contributed by atoms with van der Waals surface area (Å²) in [6, 6.07) is 3.94. The number of fused-ring (bicyclic) bond motifs is 1. The lowest BCUT2D eigenvalue weighted by atomic mass is 9.93. The number of likely N-dealkylation sites (tertiary alicyclic amines) is 1. The average Bonchev–Trinajstić information content (AvgIpc) is 3.25. The Bertz CT molecular complexity index is 920. The molecule has 8 heteroatoms. The van der Waals surface area contributed by atoms with Gasteiger partial charge in [-0.1, -0.05) is 0 Å². The number of halogens is 3. The molecule has 28 heavy (non-hydrogen) atoms. The minimum atomic E-state index is -4.44.